The van der Waals surface area contributed by atoms with Crippen LogP contribution in [0.3, 0.4) is 0 Å². The van der Waals surface area contributed by atoms with Crippen molar-refractivity contribution in [1.29, 1.82) is 0 Å². The average Bonchev–Trinajstić information content (AvgIpc) is 2.41. The van der Waals surface area contributed by atoms with Crippen LogP contribution in [0.2, 0.25) is 0 Å². The molecule has 5 heteroatoms. The van der Waals surface area contributed by atoms with E-state index >= 15 is 0 Å². The van der Waals surface area contributed by atoms with Crippen molar-refractivity contribution in [1.82, 2.24) is 9.13 Å². The molecule has 0 unspecified atom stereocenters. The number of nitrogens with zero attached hydrogens (tertiary/aromatic N) is 2. The van der Waals surface area contributed by atoms with Crippen LogP contribution >= 0.6 is 0 Å². The van der Waals surface area contributed by atoms with Crippen molar-refractivity contribution >= 4 is 0 Å². The molecule has 0 bridgehead atoms. The number of aryl methyl sites for hydroxylation is 2. The summed E-state index contributed by atoms with van der Waals surface area (Å²) in [5, 5.41) is 0. The Morgan fingerprint density at radius 2 is 1.76 bits per heavy atom. The molecule has 0 spiro atoms. The van der Waals surface area contributed by atoms with E-state index in [4.69, 9.17) is 5.73 Å². The number of hydrogen-bond donors (Lipinski definition) is 1. The normalized spacial score (nSPS) is 10.8. The first-order valence-electron chi connectivity index (χ1n) is 7.09. The third-order valence-electron chi connectivity index (χ3n) is 3.36. The van der Waals surface area contributed by atoms with Gasteiger partial charge in [-0.3, -0.25) is 13.9 Å². The van der Waals surface area contributed by atoms with Gasteiger partial charge < -0.3 is 5.73 Å². The van der Waals surface area contributed by atoms with Crippen molar-refractivity contribution in [2.24, 2.45) is 5.73 Å². The first kappa shape index (κ1) is 15.3. The van der Waals surface area contributed by atoms with Crippen molar-refractivity contribution in [2.75, 3.05) is 6.54 Å². The number of aromatic nitrogens is 2. The number of rotatable bonds is 5. The summed E-state index contributed by atoms with van der Waals surface area (Å²) in [4.78, 5) is 24.1. The highest BCUT2D eigenvalue weighted by atomic mass is 16.2. The van der Waals surface area contributed by atoms with Crippen LogP contribution in [0.4, 0.5) is 0 Å². The molecule has 0 saturated carbocycles. The molecule has 0 atom stereocenters. The number of nitrogens with two attached hydrogens (primary N) is 1. The first-order chi connectivity index (χ1) is 10.0. The van der Waals surface area contributed by atoms with Gasteiger partial charge in [0, 0.05) is 18.8 Å². The molecule has 0 aliphatic heterocycles. The molecule has 2 N–H and O–H groups in total. The lowest BCUT2D eigenvalue weighted by atomic mass is 10.1. The highest BCUT2D eigenvalue weighted by Gasteiger charge is 2.06. The van der Waals surface area contributed by atoms with Gasteiger partial charge in [0.15, 0.2) is 0 Å². The minimum Gasteiger partial charge on any atom is -0.330 e. The van der Waals surface area contributed by atoms with Gasteiger partial charge in [-0.25, -0.2) is 4.79 Å². The maximum atomic E-state index is 12.4. The summed E-state index contributed by atoms with van der Waals surface area (Å²) in [5.41, 5.74) is 8.27. The predicted octanol–water partition coefficient (Wildman–Crippen LogP) is 1.02. The second kappa shape index (κ2) is 6.54. The second-order valence-electron chi connectivity index (χ2n) is 5.35. The number of hydrogen-bond acceptors (Lipinski definition) is 3. The van der Waals surface area contributed by atoms with Crippen LogP contribution in [0.15, 0.2) is 40.1 Å². The summed E-state index contributed by atoms with van der Waals surface area (Å²) < 4.78 is 2.81. The van der Waals surface area contributed by atoms with Crippen molar-refractivity contribution in [3.05, 3.63) is 68.0 Å². The molecular formula is C16H21N3O2. The first-order valence-corrected chi connectivity index (χ1v) is 7.09. The van der Waals surface area contributed by atoms with E-state index in [1.165, 1.54) is 10.6 Å². The van der Waals surface area contributed by atoms with Crippen LogP contribution in [-0.4, -0.2) is 15.7 Å². The minimum atomic E-state index is -0.282. The quantitative estimate of drug-likeness (QED) is 0.892. The fraction of sp³-hybridized carbons (Fsp3) is 0.375. The lowest BCUT2D eigenvalue weighted by Gasteiger charge is -2.10. The molecule has 1 aromatic carbocycles. The van der Waals surface area contributed by atoms with Crippen LogP contribution in [0.1, 0.15) is 23.1 Å². The Morgan fingerprint density at radius 1 is 1.10 bits per heavy atom. The lowest BCUT2D eigenvalue weighted by Crippen LogP contribution is -2.39. The van der Waals surface area contributed by atoms with E-state index in [-0.39, 0.29) is 11.2 Å². The van der Waals surface area contributed by atoms with Crippen molar-refractivity contribution in [2.45, 2.75) is 33.4 Å². The van der Waals surface area contributed by atoms with Gasteiger partial charge in [0.1, 0.15) is 0 Å². The van der Waals surface area contributed by atoms with Crippen LogP contribution in [0.5, 0.6) is 0 Å². The summed E-state index contributed by atoms with van der Waals surface area (Å²) in [6.45, 7) is 5.34. The molecule has 112 valence electrons. The maximum absolute atomic E-state index is 12.4. The Morgan fingerprint density at radius 3 is 2.38 bits per heavy atom. The summed E-state index contributed by atoms with van der Waals surface area (Å²) in [6, 6.07) is 7.62. The van der Waals surface area contributed by atoms with Gasteiger partial charge >= 0.3 is 5.69 Å². The Balaban J connectivity index is 2.36. The lowest BCUT2D eigenvalue weighted by molar-refractivity contribution is 0.554. The molecule has 0 saturated heterocycles. The van der Waals surface area contributed by atoms with E-state index in [0.29, 0.717) is 26.1 Å². The molecule has 0 aliphatic rings. The monoisotopic (exact) mass is 287 g/mol. The second-order valence-corrected chi connectivity index (χ2v) is 5.35. The van der Waals surface area contributed by atoms with Crippen LogP contribution < -0.4 is 17.0 Å². The standard InChI is InChI=1S/C16H21N3O2/c1-12-8-13(2)10-14(9-12)11-18-7-4-15(20)19(16(18)21)6-3-5-17/h4,7-10H,3,5-6,11,17H2,1-2H3. The Bertz CT molecular complexity index is 724. The van der Waals surface area contributed by atoms with Crippen LogP contribution in [-0.2, 0) is 13.1 Å². The molecule has 2 aromatic rings. The summed E-state index contributed by atoms with van der Waals surface area (Å²) in [7, 11) is 0. The van der Waals surface area contributed by atoms with Crippen LogP contribution in [0.25, 0.3) is 0 Å². The topological polar surface area (TPSA) is 70.0 Å². The molecular weight excluding hydrogens is 266 g/mol. The van der Waals surface area contributed by atoms with E-state index in [1.54, 1.807) is 10.8 Å². The zero-order valence-corrected chi connectivity index (χ0v) is 12.5. The summed E-state index contributed by atoms with van der Waals surface area (Å²) in [5.74, 6) is 0. The van der Waals surface area contributed by atoms with Gasteiger partial charge in [-0.15, -0.1) is 0 Å². The Kier molecular flexibility index (Phi) is 4.75. The van der Waals surface area contributed by atoms with Gasteiger partial charge in [-0.05, 0) is 32.4 Å². The summed E-state index contributed by atoms with van der Waals surface area (Å²) >= 11 is 0. The third-order valence-corrected chi connectivity index (χ3v) is 3.36. The molecule has 0 aliphatic carbocycles. The number of benzene rings is 1. The van der Waals surface area contributed by atoms with E-state index in [2.05, 4.69) is 18.2 Å². The van der Waals surface area contributed by atoms with E-state index < -0.39 is 0 Å². The zero-order valence-electron chi connectivity index (χ0n) is 12.5. The van der Waals surface area contributed by atoms with Gasteiger partial charge in [-0.2, -0.15) is 0 Å². The van der Waals surface area contributed by atoms with Crippen molar-refractivity contribution < 1.29 is 0 Å². The smallest absolute Gasteiger partial charge is 0.330 e. The SMILES string of the molecule is Cc1cc(C)cc(Cn2ccc(=O)n(CCCN)c2=O)c1. The molecule has 1 heterocycles. The van der Waals surface area contributed by atoms with E-state index in [9.17, 15) is 9.59 Å². The van der Waals surface area contributed by atoms with Gasteiger partial charge in [0.2, 0.25) is 0 Å². The van der Waals surface area contributed by atoms with E-state index in [0.717, 1.165) is 16.7 Å². The minimum absolute atomic E-state index is 0.273. The molecule has 2 rings (SSSR count). The average molecular weight is 287 g/mol. The van der Waals surface area contributed by atoms with Crippen molar-refractivity contribution in [3.8, 4) is 0 Å². The predicted molar refractivity (Wildman–Crippen MR) is 83.7 cm³/mol. The molecule has 0 radical (unpaired) electrons. The highest BCUT2D eigenvalue weighted by Crippen LogP contribution is 2.09. The summed E-state index contributed by atoms with van der Waals surface area (Å²) in [6.07, 6.45) is 2.17. The largest absolute Gasteiger partial charge is 0.331 e. The molecule has 0 fully saturated rings. The fourth-order valence-electron chi connectivity index (χ4n) is 2.49. The van der Waals surface area contributed by atoms with Gasteiger partial charge in [-0.1, -0.05) is 29.3 Å². The molecule has 1 aromatic heterocycles. The van der Waals surface area contributed by atoms with Gasteiger partial charge in [0.05, 0.1) is 6.54 Å². The zero-order chi connectivity index (χ0) is 15.4. The maximum Gasteiger partial charge on any atom is 0.331 e. The highest BCUT2D eigenvalue weighted by molar-refractivity contribution is 5.28. The molecule has 21 heavy (non-hydrogen) atoms. The van der Waals surface area contributed by atoms with Gasteiger partial charge in [0.25, 0.3) is 5.56 Å². The Labute approximate surface area is 123 Å². The molecule has 0 amide bonds. The molecule has 5 nitrogen and oxygen atoms in total. The fourth-order valence-corrected chi connectivity index (χ4v) is 2.49. The van der Waals surface area contributed by atoms with Crippen LogP contribution in [0, 0.1) is 13.8 Å². The van der Waals surface area contributed by atoms with Crippen molar-refractivity contribution in [3.63, 3.8) is 0 Å². The Hall–Kier alpha value is -2.14. The third kappa shape index (κ3) is 3.70. The van der Waals surface area contributed by atoms with E-state index in [1.807, 2.05) is 13.8 Å².